The quantitative estimate of drug-likeness (QED) is 0.827. The van der Waals surface area contributed by atoms with Crippen LogP contribution in [0, 0.1) is 0 Å². The summed E-state index contributed by atoms with van der Waals surface area (Å²) in [7, 11) is 4.18. The lowest BCUT2D eigenvalue weighted by molar-refractivity contribution is 0.423. The molecule has 0 aromatic carbocycles. The van der Waals surface area contributed by atoms with Gasteiger partial charge in [0.05, 0.1) is 0 Å². The van der Waals surface area contributed by atoms with Gasteiger partial charge in [-0.3, -0.25) is 0 Å². The molecule has 0 unspecified atom stereocenters. The summed E-state index contributed by atoms with van der Waals surface area (Å²) in [6, 6.07) is 0.671. The van der Waals surface area contributed by atoms with Crippen molar-refractivity contribution in [2.24, 2.45) is 0 Å². The Kier molecular flexibility index (Phi) is 3.83. The Balaban J connectivity index is 1.91. The van der Waals surface area contributed by atoms with E-state index >= 15 is 0 Å². The maximum Gasteiger partial charge on any atom is 0.203 e. The Morgan fingerprint density at radius 1 is 1.44 bits per heavy atom. The first kappa shape index (κ1) is 11.5. The molecule has 4 nitrogen and oxygen atoms in total. The number of hydrogen-bond donors (Lipinski definition) is 1. The van der Waals surface area contributed by atoms with Crippen LogP contribution < -0.4 is 5.32 Å². The monoisotopic (exact) mass is 222 g/mol. The average Bonchev–Trinajstić information content (AvgIpc) is 2.84. The lowest BCUT2D eigenvalue weighted by Gasteiger charge is -2.16. The van der Waals surface area contributed by atoms with Crippen LogP contribution in [0.5, 0.6) is 0 Å². The van der Waals surface area contributed by atoms with Crippen LogP contribution in [0.15, 0.2) is 12.4 Å². The van der Waals surface area contributed by atoms with E-state index in [0.29, 0.717) is 6.04 Å². The van der Waals surface area contributed by atoms with Crippen LogP contribution in [0.3, 0.4) is 0 Å². The SMILES string of the molecule is CN(C)CCNc1nccn1C1CCCC1. The number of hydrogen-bond acceptors (Lipinski definition) is 3. The molecule has 0 atom stereocenters. The molecule has 1 fully saturated rings. The van der Waals surface area contributed by atoms with Crippen molar-refractivity contribution in [1.82, 2.24) is 14.5 Å². The molecule has 1 aliphatic rings. The van der Waals surface area contributed by atoms with Gasteiger partial charge in [0, 0.05) is 31.5 Å². The van der Waals surface area contributed by atoms with Crippen molar-refractivity contribution in [1.29, 1.82) is 0 Å². The first-order valence-electron chi connectivity index (χ1n) is 6.19. The highest BCUT2D eigenvalue weighted by Crippen LogP contribution is 2.31. The zero-order valence-electron chi connectivity index (χ0n) is 10.3. The minimum atomic E-state index is 0.671. The molecule has 0 spiro atoms. The van der Waals surface area contributed by atoms with Crippen molar-refractivity contribution in [3.63, 3.8) is 0 Å². The van der Waals surface area contributed by atoms with Gasteiger partial charge in [0.25, 0.3) is 0 Å². The molecule has 1 aliphatic carbocycles. The Hall–Kier alpha value is -1.03. The fraction of sp³-hybridized carbons (Fsp3) is 0.750. The molecule has 90 valence electrons. The molecular formula is C12H22N4. The molecule has 1 aromatic rings. The highest BCUT2D eigenvalue weighted by atomic mass is 15.2. The molecule has 1 saturated carbocycles. The molecule has 1 aromatic heterocycles. The number of nitrogens with one attached hydrogen (secondary N) is 1. The Labute approximate surface area is 97.7 Å². The Bertz CT molecular complexity index is 313. The summed E-state index contributed by atoms with van der Waals surface area (Å²) in [6.07, 6.45) is 9.34. The van der Waals surface area contributed by atoms with Gasteiger partial charge in [-0.15, -0.1) is 0 Å². The fourth-order valence-corrected chi connectivity index (χ4v) is 2.32. The average molecular weight is 222 g/mol. The number of nitrogens with zero attached hydrogens (tertiary/aromatic N) is 3. The number of rotatable bonds is 5. The maximum atomic E-state index is 4.39. The molecule has 0 aliphatic heterocycles. The topological polar surface area (TPSA) is 33.1 Å². The zero-order chi connectivity index (χ0) is 11.4. The third kappa shape index (κ3) is 2.76. The number of likely N-dealkylation sites (N-methyl/N-ethyl adjacent to an activating group) is 1. The summed E-state index contributed by atoms with van der Waals surface area (Å²) in [5, 5.41) is 3.41. The summed E-state index contributed by atoms with van der Waals surface area (Å²) in [5.41, 5.74) is 0. The van der Waals surface area contributed by atoms with Crippen LogP contribution in [-0.2, 0) is 0 Å². The van der Waals surface area contributed by atoms with E-state index in [1.54, 1.807) is 0 Å². The van der Waals surface area contributed by atoms with Crippen LogP contribution in [0.1, 0.15) is 31.7 Å². The van der Waals surface area contributed by atoms with Gasteiger partial charge in [0.1, 0.15) is 0 Å². The molecule has 0 saturated heterocycles. The van der Waals surface area contributed by atoms with Crippen LogP contribution in [0.2, 0.25) is 0 Å². The van der Waals surface area contributed by atoms with E-state index in [2.05, 4.69) is 40.1 Å². The smallest absolute Gasteiger partial charge is 0.203 e. The van der Waals surface area contributed by atoms with Crippen LogP contribution >= 0.6 is 0 Å². The van der Waals surface area contributed by atoms with Gasteiger partial charge in [0.15, 0.2) is 0 Å². The molecule has 4 heteroatoms. The zero-order valence-corrected chi connectivity index (χ0v) is 10.3. The largest absolute Gasteiger partial charge is 0.354 e. The van der Waals surface area contributed by atoms with Crippen molar-refractivity contribution in [3.8, 4) is 0 Å². The number of anilines is 1. The minimum Gasteiger partial charge on any atom is -0.354 e. The molecule has 0 bridgehead atoms. The highest BCUT2D eigenvalue weighted by Gasteiger charge is 2.18. The second kappa shape index (κ2) is 5.34. The van der Waals surface area contributed by atoms with Crippen molar-refractivity contribution < 1.29 is 0 Å². The predicted molar refractivity (Wildman–Crippen MR) is 66.8 cm³/mol. The van der Waals surface area contributed by atoms with E-state index in [-0.39, 0.29) is 0 Å². The first-order chi connectivity index (χ1) is 7.77. The lowest BCUT2D eigenvalue weighted by Crippen LogP contribution is -2.22. The van der Waals surface area contributed by atoms with Crippen molar-refractivity contribution in [3.05, 3.63) is 12.4 Å². The van der Waals surface area contributed by atoms with E-state index in [1.165, 1.54) is 25.7 Å². The summed E-state index contributed by atoms with van der Waals surface area (Å²) in [4.78, 5) is 6.57. The van der Waals surface area contributed by atoms with Crippen LogP contribution in [0.4, 0.5) is 5.95 Å². The third-order valence-electron chi connectivity index (χ3n) is 3.23. The Morgan fingerprint density at radius 3 is 2.88 bits per heavy atom. The second-order valence-corrected chi connectivity index (χ2v) is 4.83. The maximum absolute atomic E-state index is 4.39. The number of aromatic nitrogens is 2. The van der Waals surface area contributed by atoms with E-state index in [9.17, 15) is 0 Å². The lowest BCUT2D eigenvalue weighted by atomic mass is 10.2. The molecule has 1 heterocycles. The van der Waals surface area contributed by atoms with Crippen molar-refractivity contribution >= 4 is 5.95 Å². The molecule has 2 rings (SSSR count). The van der Waals surface area contributed by atoms with Gasteiger partial charge in [-0.05, 0) is 26.9 Å². The number of imidazole rings is 1. The standard InChI is InChI=1S/C12H22N4/c1-15(2)9-7-13-12-14-8-10-16(12)11-5-3-4-6-11/h8,10-11H,3-7,9H2,1-2H3,(H,13,14). The molecule has 16 heavy (non-hydrogen) atoms. The van der Waals surface area contributed by atoms with Gasteiger partial charge < -0.3 is 14.8 Å². The fourth-order valence-electron chi connectivity index (χ4n) is 2.32. The van der Waals surface area contributed by atoms with Crippen LogP contribution in [0.25, 0.3) is 0 Å². The second-order valence-electron chi connectivity index (χ2n) is 4.83. The van der Waals surface area contributed by atoms with Gasteiger partial charge in [-0.1, -0.05) is 12.8 Å². The molecular weight excluding hydrogens is 200 g/mol. The molecule has 0 amide bonds. The van der Waals surface area contributed by atoms with E-state index < -0.39 is 0 Å². The van der Waals surface area contributed by atoms with Crippen molar-refractivity contribution in [2.75, 3.05) is 32.5 Å². The van der Waals surface area contributed by atoms with Gasteiger partial charge in [-0.2, -0.15) is 0 Å². The first-order valence-corrected chi connectivity index (χ1v) is 6.19. The summed E-state index contributed by atoms with van der Waals surface area (Å²) >= 11 is 0. The molecule has 0 radical (unpaired) electrons. The minimum absolute atomic E-state index is 0.671. The normalized spacial score (nSPS) is 17.2. The van der Waals surface area contributed by atoms with Gasteiger partial charge >= 0.3 is 0 Å². The predicted octanol–water partition coefficient (Wildman–Crippen LogP) is 1.97. The Morgan fingerprint density at radius 2 is 2.19 bits per heavy atom. The summed E-state index contributed by atoms with van der Waals surface area (Å²) < 4.78 is 2.31. The van der Waals surface area contributed by atoms with Gasteiger partial charge in [-0.25, -0.2) is 4.98 Å². The van der Waals surface area contributed by atoms with E-state index in [4.69, 9.17) is 0 Å². The van der Waals surface area contributed by atoms with Crippen LogP contribution in [-0.4, -0.2) is 41.6 Å². The van der Waals surface area contributed by atoms with E-state index in [1.807, 2.05) is 6.20 Å². The third-order valence-corrected chi connectivity index (χ3v) is 3.23. The summed E-state index contributed by atoms with van der Waals surface area (Å²) in [6.45, 7) is 1.99. The van der Waals surface area contributed by atoms with E-state index in [0.717, 1.165) is 19.0 Å². The van der Waals surface area contributed by atoms with Crippen molar-refractivity contribution in [2.45, 2.75) is 31.7 Å². The summed E-state index contributed by atoms with van der Waals surface area (Å²) in [5.74, 6) is 1.04. The highest BCUT2D eigenvalue weighted by molar-refractivity contribution is 5.26. The molecule has 1 N–H and O–H groups in total. The van der Waals surface area contributed by atoms with Gasteiger partial charge in [0.2, 0.25) is 5.95 Å².